The molecule has 0 amide bonds. The van der Waals surface area contributed by atoms with Crippen LogP contribution in [0.1, 0.15) is 29.7 Å². The van der Waals surface area contributed by atoms with Crippen LogP contribution in [0.2, 0.25) is 0 Å². The zero-order valence-electron chi connectivity index (χ0n) is 9.34. The smallest absolute Gasteiger partial charge is 0.0375 e. The van der Waals surface area contributed by atoms with Gasteiger partial charge in [-0.05, 0) is 68.3 Å². The molecule has 1 aromatic heterocycles. The van der Waals surface area contributed by atoms with Gasteiger partial charge in [-0.15, -0.1) is 0 Å². The Bertz CT molecular complexity index is 378. The van der Waals surface area contributed by atoms with E-state index in [9.17, 15) is 0 Å². The summed E-state index contributed by atoms with van der Waals surface area (Å²) in [7, 11) is 0. The largest absolute Gasteiger partial charge is 0.317 e. The second kappa shape index (κ2) is 3.31. The Morgan fingerprint density at radius 1 is 1.20 bits per heavy atom. The lowest BCUT2D eigenvalue weighted by Gasteiger charge is -2.33. The van der Waals surface area contributed by atoms with Crippen molar-refractivity contribution >= 4 is 0 Å². The van der Waals surface area contributed by atoms with Crippen LogP contribution in [0.5, 0.6) is 0 Å². The number of nitrogens with zero attached hydrogens (tertiary/aromatic N) is 1. The van der Waals surface area contributed by atoms with Gasteiger partial charge in [-0.25, -0.2) is 0 Å². The van der Waals surface area contributed by atoms with Gasteiger partial charge in [0.2, 0.25) is 0 Å². The van der Waals surface area contributed by atoms with Gasteiger partial charge in [-0.1, -0.05) is 0 Å². The average molecular weight is 202 g/mol. The highest BCUT2D eigenvalue weighted by molar-refractivity contribution is 5.34. The van der Waals surface area contributed by atoms with E-state index in [1.165, 1.54) is 50.0 Å². The quantitative estimate of drug-likeness (QED) is 0.694. The number of rotatable bonds is 0. The summed E-state index contributed by atoms with van der Waals surface area (Å²) >= 11 is 0. The molecular weight excluding hydrogens is 184 g/mol. The van der Waals surface area contributed by atoms with Gasteiger partial charge in [0.25, 0.3) is 0 Å². The molecule has 0 saturated carbocycles. The Balaban J connectivity index is 1.90. The Kier molecular flexibility index (Phi) is 2.06. The maximum atomic E-state index is 4.41. The van der Waals surface area contributed by atoms with E-state index in [1.807, 2.05) is 0 Å². The van der Waals surface area contributed by atoms with Crippen molar-refractivity contribution in [1.82, 2.24) is 10.3 Å². The molecule has 1 N–H and O–H groups in total. The van der Waals surface area contributed by atoms with Crippen molar-refractivity contribution in [2.75, 3.05) is 13.1 Å². The SMILES string of the molecule is Cc1cc2c(cn1)CC1(CCNCC1)C2. The third kappa shape index (κ3) is 1.57. The molecule has 15 heavy (non-hydrogen) atoms. The molecule has 0 bridgehead atoms. The lowest BCUT2D eigenvalue weighted by Crippen LogP contribution is -2.37. The molecule has 1 fully saturated rings. The van der Waals surface area contributed by atoms with Gasteiger partial charge < -0.3 is 5.32 Å². The summed E-state index contributed by atoms with van der Waals surface area (Å²) < 4.78 is 0. The van der Waals surface area contributed by atoms with E-state index in [1.54, 1.807) is 5.56 Å². The molecule has 2 aliphatic rings. The number of piperidine rings is 1. The van der Waals surface area contributed by atoms with E-state index in [-0.39, 0.29) is 0 Å². The molecule has 2 heteroatoms. The van der Waals surface area contributed by atoms with Crippen LogP contribution in [0.4, 0.5) is 0 Å². The zero-order valence-corrected chi connectivity index (χ0v) is 9.34. The molecule has 0 aromatic carbocycles. The number of nitrogens with one attached hydrogen (secondary N) is 1. The molecular formula is C13H18N2. The van der Waals surface area contributed by atoms with E-state index in [0.29, 0.717) is 5.41 Å². The molecule has 2 heterocycles. The number of pyridine rings is 1. The van der Waals surface area contributed by atoms with Crippen LogP contribution in [0.15, 0.2) is 12.3 Å². The standard InChI is InChI=1S/C13H18N2/c1-10-6-11-7-13(2-4-14-5-3-13)8-12(11)9-15-10/h6,9,14H,2-5,7-8H2,1H3. The third-order valence-corrected chi connectivity index (χ3v) is 4.01. The monoisotopic (exact) mass is 202 g/mol. The maximum absolute atomic E-state index is 4.41. The number of hydrogen-bond acceptors (Lipinski definition) is 2. The van der Waals surface area contributed by atoms with Crippen molar-refractivity contribution in [3.63, 3.8) is 0 Å². The number of aromatic nitrogens is 1. The van der Waals surface area contributed by atoms with Gasteiger partial charge in [0.1, 0.15) is 0 Å². The number of fused-ring (bicyclic) bond motifs is 1. The molecule has 2 nitrogen and oxygen atoms in total. The van der Waals surface area contributed by atoms with Crippen molar-refractivity contribution in [3.05, 3.63) is 29.1 Å². The Labute approximate surface area is 91.1 Å². The summed E-state index contributed by atoms with van der Waals surface area (Å²) in [6.07, 6.45) is 7.31. The first-order valence-electron chi connectivity index (χ1n) is 5.93. The molecule has 3 rings (SSSR count). The van der Waals surface area contributed by atoms with Crippen LogP contribution >= 0.6 is 0 Å². The fourth-order valence-electron chi connectivity index (χ4n) is 3.15. The van der Waals surface area contributed by atoms with Gasteiger partial charge in [0, 0.05) is 11.9 Å². The molecule has 0 radical (unpaired) electrons. The lowest BCUT2D eigenvalue weighted by molar-refractivity contribution is 0.216. The first-order chi connectivity index (χ1) is 7.27. The summed E-state index contributed by atoms with van der Waals surface area (Å²) in [5.74, 6) is 0. The first-order valence-corrected chi connectivity index (χ1v) is 5.93. The van der Waals surface area contributed by atoms with Crippen LogP contribution in [0.3, 0.4) is 0 Å². The molecule has 1 saturated heterocycles. The van der Waals surface area contributed by atoms with E-state index in [0.717, 1.165) is 0 Å². The minimum absolute atomic E-state index is 0.572. The van der Waals surface area contributed by atoms with Gasteiger partial charge in [-0.3, -0.25) is 4.98 Å². The van der Waals surface area contributed by atoms with Crippen molar-refractivity contribution < 1.29 is 0 Å². The van der Waals surface area contributed by atoms with E-state index >= 15 is 0 Å². The second-order valence-electron chi connectivity index (χ2n) is 5.20. The highest BCUT2D eigenvalue weighted by Crippen LogP contribution is 2.43. The highest BCUT2D eigenvalue weighted by atomic mass is 14.9. The average Bonchev–Trinajstić information content (AvgIpc) is 2.56. The molecule has 1 aliphatic carbocycles. The van der Waals surface area contributed by atoms with Crippen LogP contribution < -0.4 is 5.32 Å². The van der Waals surface area contributed by atoms with Gasteiger partial charge in [0.05, 0.1) is 0 Å². The van der Waals surface area contributed by atoms with E-state index in [4.69, 9.17) is 0 Å². The molecule has 0 atom stereocenters. The summed E-state index contributed by atoms with van der Waals surface area (Å²) in [6, 6.07) is 2.28. The maximum Gasteiger partial charge on any atom is 0.0375 e. The Morgan fingerprint density at radius 2 is 1.93 bits per heavy atom. The van der Waals surface area contributed by atoms with Gasteiger partial charge in [0.15, 0.2) is 0 Å². The Hall–Kier alpha value is -0.890. The normalized spacial score (nSPS) is 23.0. The molecule has 80 valence electrons. The van der Waals surface area contributed by atoms with Crippen LogP contribution in [0.25, 0.3) is 0 Å². The molecule has 1 spiro atoms. The van der Waals surface area contributed by atoms with Crippen LogP contribution in [-0.2, 0) is 12.8 Å². The van der Waals surface area contributed by atoms with Gasteiger partial charge >= 0.3 is 0 Å². The first kappa shape index (κ1) is 9.34. The lowest BCUT2D eigenvalue weighted by atomic mass is 9.76. The fraction of sp³-hybridized carbons (Fsp3) is 0.615. The highest BCUT2D eigenvalue weighted by Gasteiger charge is 2.38. The topological polar surface area (TPSA) is 24.9 Å². The van der Waals surface area contributed by atoms with Crippen molar-refractivity contribution in [3.8, 4) is 0 Å². The zero-order chi connectivity index (χ0) is 10.3. The third-order valence-electron chi connectivity index (χ3n) is 4.01. The summed E-state index contributed by atoms with van der Waals surface area (Å²) in [5, 5.41) is 3.46. The number of aryl methyl sites for hydroxylation is 1. The Morgan fingerprint density at radius 3 is 2.73 bits per heavy atom. The van der Waals surface area contributed by atoms with Crippen LogP contribution in [-0.4, -0.2) is 18.1 Å². The minimum Gasteiger partial charge on any atom is -0.317 e. The van der Waals surface area contributed by atoms with Crippen molar-refractivity contribution in [2.24, 2.45) is 5.41 Å². The minimum atomic E-state index is 0.572. The molecule has 1 aromatic rings. The van der Waals surface area contributed by atoms with Crippen molar-refractivity contribution in [1.29, 1.82) is 0 Å². The molecule has 0 unspecified atom stereocenters. The molecule has 1 aliphatic heterocycles. The predicted octanol–water partition coefficient (Wildman–Crippen LogP) is 1.86. The van der Waals surface area contributed by atoms with Crippen molar-refractivity contribution in [2.45, 2.75) is 32.6 Å². The van der Waals surface area contributed by atoms with Crippen LogP contribution in [0, 0.1) is 12.3 Å². The second-order valence-corrected chi connectivity index (χ2v) is 5.20. The summed E-state index contributed by atoms with van der Waals surface area (Å²) in [5.41, 5.74) is 4.80. The van der Waals surface area contributed by atoms with Gasteiger partial charge in [-0.2, -0.15) is 0 Å². The fourth-order valence-corrected chi connectivity index (χ4v) is 3.15. The van der Waals surface area contributed by atoms with E-state index in [2.05, 4.69) is 29.5 Å². The summed E-state index contributed by atoms with van der Waals surface area (Å²) in [6.45, 7) is 4.48. The number of hydrogen-bond donors (Lipinski definition) is 1. The van der Waals surface area contributed by atoms with E-state index < -0.39 is 0 Å². The predicted molar refractivity (Wildman–Crippen MR) is 60.9 cm³/mol. The summed E-state index contributed by atoms with van der Waals surface area (Å²) in [4.78, 5) is 4.41.